The number of nitrogen functional groups attached to an aromatic ring is 1. The van der Waals surface area contributed by atoms with Crippen LogP contribution in [0.25, 0.3) is 0 Å². The van der Waals surface area contributed by atoms with Crippen molar-refractivity contribution in [3.63, 3.8) is 0 Å². The van der Waals surface area contributed by atoms with Crippen molar-refractivity contribution in [2.75, 3.05) is 31.3 Å². The number of nitrogens with one attached hydrogen (secondary N) is 1. The van der Waals surface area contributed by atoms with Gasteiger partial charge in [0, 0.05) is 18.7 Å². The van der Waals surface area contributed by atoms with Crippen molar-refractivity contribution < 1.29 is 14.6 Å². The fraction of sp³-hybridized carbons (Fsp3) is 0.412. The van der Waals surface area contributed by atoms with Gasteiger partial charge in [-0.2, -0.15) is 4.98 Å². The number of hydrogen-bond donors (Lipinski definition) is 3. The highest BCUT2D eigenvalue weighted by Crippen LogP contribution is 2.34. The molecule has 24 heavy (non-hydrogen) atoms. The predicted octanol–water partition coefficient (Wildman–Crippen LogP) is 2.78. The van der Waals surface area contributed by atoms with Crippen LogP contribution in [0.4, 0.5) is 11.8 Å². The van der Waals surface area contributed by atoms with Gasteiger partial charge >= 0.3 is 0 Å². The van der Waals surface area contributed by atoms with E-state index in [1.807, 2.05) is 18.2 Å². The molecule has 0 fully saturated rings. The zero-order valence-corrected chi connectivity index (χ0v) is 14.2. The van der Waals surface area contributed by atoms with Gasteiger partial charge in [-0.05, 0) is 30.5 Å². The highest BCUT2D eigenvalue weighted by Gasteiger charge is 2.13. The summed E-state index contributed by atoms with van der Waals surface area (Å²) in [6.45, 7) is 4.84. The van der Waals surface area contributed by atoms with Gasteiger partial charge in [-0.15, -0.1) is 0 Å². The summed E-state index contributed by atoms with van der Waals surface area (Å²) in [5, 5.41) is 11.8. The summed E-state index contributed by atoms with van der Waals surface area (Å²) >= 11 is 0. The molecule has 4 N–H and O–H groups in total. The summed E-state index contributed by atoms with van der Waals surface area (Å²) in [7, 11) is 1.63. The molecular weight excluding hydrogens is 308 g/mol. The number of aliphatic hydroxyl groups excluding tert-OH is 1. The van der Waals surface area contributed by atoms with E-state index in [0.717, 1.165) is 11.3 Å². The Labute approximate surface area is 141 Å². The highest BCUT2D eigenvalue weighted by molar-refractivity contribution is 5.52. The minimum Gasteiger partial charge on any atom is -0.497 e. The fourth-order valence-corrected chi connectivity index (χ4v) is 2.14. The molecule has 2 aromatic rings. The van der Waals surface area contributed by atoms with E-state index in [0.29, 0.717) is 30.4 Å². The fourth-order valence-electron chi connectivity index (χ4n) is 2.14. The van der Waals surface area contributed by atoms with E-state index in [1.165, 1.54) is 6.20 Å². The van der Waals surface area contributed by atoms with Crippen LogP contribution in [0.1, 0.15) is 31.7 Å². The molecule has 0 aliphatic heterocycles. The van der Waals surface area contributed by atoms with Gasteiger partial charge in [0.2, 0.25) is 5.95 Å². The maximum Gasteiger partial charge on any atom is 0.224 e. The zero-order chi connectivity index (χ0) is 17.5. The first kappa shape index (κ1) is 17.8. The van der Waals surface area contributed by atoms with Gasteiger partial charge in [0.15, 0.2) is 11.6 Å². The van der Waals surface area contributed by atoms with Gasteiger partial charge in [-0.3, -0.25) is 0 Å². The molecule has 1 aromatic carbocycles. The molecule has 130 valence electrons. The summed E-state index contributed by atoms with van der Waals surface area (Å²) in [6.07, 6.45) is 2.16. The van der Waals surface area contributed by atoms with E-state index in [4.69, 9.17) is 20.3 Å². The normalized spacial score (nSPS) is 10.7. The van der Waals surface area contributed by atoms with Crippen LogP contribution in [0.3, 0.4) is 0 Å². The molecule has 0 aliphatic carbocycles. The average molecular weight is 332 g/mol. The van der Waals surface area contributed by atoms with E-state index >= 15 is 0 Å². The maximum atomic E-state index is 8.78. The number of rotatable bonds is 8. The number of nitrogens with zero attached hydrogens (tertiary/aromatic N) is 2. The lowest BCUT2D eigenvalue weighted by atomic mass is 10.0. The lowest BCUT2D eigenvalue weighted by Gasteiger charge is -2.16. The van der Waals surface area contributed by atoms with Gasteiger partial charge in [0.25, 0.3) is 0 Å². The van der Waals surface area contributed by atoms with E-state index in [-0.39, 0.29) is 18.3 Å². The molecule has 0 bridgehead atoms. The van der Waals surface area contributed by atoms with Gasteiger partial charge < -0.3 is 25.6 Å². The van der Waals surface area contributed by atoms with Crippen LogP contribution < -0.4 is 20.5 Å². The van der Waals surface area contributed by atoms with Gasteiger partial charge in [0.05, 0.1) is 13.3 Å². The Morgan fingerprint density at radius 2 is 2.08 bits per heavy atom. The third-order valence-corrected chi connectivity index (χ3v) is 3.46. The molecule has 0 saturated heterocycles. The molecule has 7 nitrogen and oxygen atoms in total. The molecule has 0 amide bonds. The monoisotopic (exact) mass is 332 g/mol. The topological polar surface area (TPSA) is 103 Å². The van der Waals surface area contributed by atoms with Crippen LogP contribution in [-0.2, 0) is 0 Å². The molecule has 1 aromatic heterocycles. The third kappa shape index (κ3) is 4.48. The molecule has 0 atom stereocenters. The van der Waals surface area contributed by atoms with E-state index < -0.39 is 0 Å². The van der Waals surface area contributed by atoms with Crippen LogP contribution in [0.2, 0.25) is 0 Å². The van der Waals surface area contributed by atoms with Crippen molar-refractivity contribution in [1.29, 1.82) is 0 Å². The molecule has 7 heteroatoms. The first-order valence-corrected chi connectivity index (χ1v) is 7.88. The van der Waals surface area contributed by atoms with E-state index in [1.54, 1.807) is 7.11 Å². The summed E-state index contributed by atoms with van der Waals surface area (Å²) in [5.74, 6) is 2.79. The number of benzene rings is 1. The smallest absolute Gasteiger partial charge is 0.224 e. The summed E-state index contributed by atoms with van der Waals surface area (Å²) in [4.78, 5) is 8.36. The van der Waals surface area contributed by atoms with Gasteiger partial charge in [-0.1, -0.05) is 13.8 Å². The maximum absolute atomic E-state index is 8.78. The van der Waals surface area contributed by atoms with Crippen LogP contribution in [0, 0.1) is 0 Å². The van der Waals surface area contributed by atoms with E-state index in [2.05, 4.69) is 29.1 Å². The molecule has 1 heterocycles. The Morgan fingerprint density at radius 3 is 2.71 bits per heavy atom. The lowest BCUT2D eigenvalue weighted by molar-refractivity contribution is 0.292. The van der Waals surface area contributed by atoms with E-state index in [9.17, 15) is 0 Å². The minimum atomic E-state index is 0.110. The van der Waals surface area contributed by atoms with Gasteiger partial charge in [0.1, 0.15) is 11.5 Å². The number of methoxy groups -OCH3 is 1. The molecule has 0 spiro atoms. The first-order chi connectivity index (χ1) is 11.5. The Bertz CT molecular complexity index is 677. The quantitative estimate of drug-likeness (QED) is 0.639. The Hall–Kier alpha value is -2.54. The molecule has 0 radical (unpaired) electrons. The zero-order valence-electron chi connectivity index (χ0n) is 14.2. The number of aromatic nitrogens is 2. The van der Waals surface area contributed by atoms with Crippen molar-refractivity contribution in [1.82, 2.24) is 9.97 Å². The summed E-state index contributed by atoms with van der Waals surface area (Å²) in [6, 6.07) is 5.63. The second-order valence-electron chi connectivity index (χ2n) is 5.61. The molecule has 2 rings (SSSR count). The average Bonchev–Trinajstić information content (AvgIpc) is 2.57. The Balaban J connectivity index is 2.19. The van der Waals surface area contributed by atoms with Crippen LogP contribution in [0.15, 0.2) is 24.4 Å². The predicted molar refractivity (Wildman–Crippen MR) is 93.8 cm³/mol. The number of ether oxygens (including phenoxy) is 2. The summed E-state index contributed by atoms with van der Waals surface area (Å²) in [5.41, 5.74) is 6.98. The molecule has 0 saturated carbocycles. The largest absolute Gasteiger partial charge is 0.497 e. The van der Waals surface area contributed by atoms with Crippen molar-refractivity contribution in [2.45, 2.75) is 26.2 Å². The molecule has 0 unspecified atom stereocenters. The second-order valence-corrected chi connectivity index (χ2v) is 5.61. The number of anilines is 2. The van der Waals surface area contributed by atoms with Crippen molar-refractivity contribution in [3.05, 3.63) is 30.0 Å². The second kappa shape index (κ2) is 8.35. The Kier molecular flexibility index (Phi) is 6.20. The third-order valence-electron chi connectivity index (χ3n) is 3.46. The minimum absolute atomic E-state index is 0.110. The van der Waals surface area contributed by atoms with Crippen molar-refractivity contribution >= 4 is 11.8 Å². The standard InChI is InChI=1S/C17H24N4O3/c1-11(2)13-9-12(23-3)5-6-14(13)24-15-10-20-17(21-16(15)18)19-7-4-8-22/h5-6,9-11,22H,4,7-8H2,1-3H3,(H3,18,19,20,21). The number of nitrogens with two attached hydrogens (primary N) is 1. The highest BCUT2D eigenvalue weighted by atomic mass is 16.5. The molecular formula is C17H24N4O3. The van der Waals surface area contributed by atoms with Crippen LogP contribution in [-0.4, -0.2) is 35.3 Å². The van der Waals surface area contributed by atoms with Crippen LogP contribution in [0.5, 0.6) is 17.2 Å². The van der Waals surface area contributed by atoms with Crippen molar-refractivity contribution in [3.8, 4) is 17.2 Å². The number of hydrogen-bond acceptors (Lipinski definition) is 7. The van der Waals surface area contributed by atoms with Crippen molar-refractivity contribution in [2.24, 2.45) is 0 Å². The summed E-state index contributed by atoms with van der Waals surface area (Å²) < 4.78 is 11.2. The first-order valence-electron chi connectivity index (χ1n) is 7.88. The SMILES string of the molecule is COc1ccc(Oc2cnc(NCCCO)nc2N)c(C(C)C)c1. The van der Waals surface area contributed by atoms with Crippen LogP contribution >= 0.6 is 0 Å². The Morgan fingerprint density at radius 1 is 1.29 bits per heavy atom. The lowest BCUT2D eigenvalue weighted by Crippen LogP contribution is -2.08. The number of aliphatic hydroxyl groups is 1. The molecule has 0 aliphatic rings. The van der Waals surface area contributed by atoms with Gasteiger partial charge in [-0.25, -0.2) is 4.98 Å².